The van der Waals surface area contributed by atoms with Crippen LogP contribution in [0.25, 0.3) is 110 Å². The van der Waals surface area contributed by atoms with Gasteiger partial charge in [-0.15, -0.1) is 0 Å². The van der Waals surface area contributed by atoms with Gasteiger partial charge >= 0.3 is 6.18 Å². The molecular formula is C51H25F3N4O2. The molecule has 4 heterocycles. The summed E-state index contributed by atoms with van der Waals surface area (Å²) in [6.45, 7) is 0. The van der Waals surface area contributed by atoms with Gasteiger partial charge in [-0.1, -0.05) is 91.0 Å². The molecule has 0 radical (unpaired) electrons. The zero-order valence-corrected chi connectivity index (χ0v) is 31.2. The predicted octanol–water partition coefficient (Wildman–Crippen LogP) is 14.1. The van der Waals surface area contributed by atoms with E-state index in [4.69, 9.17) is 8.83 Å². The van der Waals surface area contributed by atoms with Gasteiger partial charge in [0.05, 0.1) is 62.3 Å². The summed E-state index contributed by atoms with van der Waals surface area (Å²) in [5.41, 5.74) is 4.27. The average molecular weight is 783 g/mol. The SMILES string of the molecule is N#Cc1cc(-n2c3ccccc3c3ccc4c5ccccc5oc4c32)c(-c2c(C#N)cccc2C(F)(F)F)c(-n2c3ccccc3c3ccc4c5ccccc5oc4c32)c1. The van der Waals surface area contributed by atoms with Gasteiger partial charge in [-0.05, 0) is 60.7 Å². The van der Waals surface area contributed by atoms with Crippen molar-refractivity contribution in [2.75, 3.05) is 0 Å². The summed E-state index contributed by atoms with van der Waals surface area (Å²) in [7, 11) is 0. The summed E-state index contributed by atoms with van der Waals surface area (Å²) in [6.07, 6.45) is -4.87. The molecule has 0 fully saturated rings. The molecule has 6 nitrogen and oxygen atoms in total. The summed E-state index contributed by atoms with van der Waals surface area (Å²) in [6, 6.07) is 50.0. The number of para-hydroxylation sites is 4. The number of aromatic nitrogens is 2. The van der Waals surface area contributed by atoms with Gasteiger partial charge in [0.25, 0.3) is 0 Å². The summed E-state index contributed by atoms with van der Waals surface area (Å²) >= 11 is 0. The van der Waals surface area contributed by atoms with Gasteiger partial charge in [0.2, 0.25) is 0 Å². The molecule has 60 heavy (non-hydrogen) atoms. The van der Waals surface area contributed by atoms with E-state index in [-0.39, 0.29) is 33.6 Å². The third-order valence-electron chi connectivity index (χ3n) is 11.8. The Bertz CT molecular complexity index is 3710. The maximum absolute atomic E-state index is 15.6. The molecule has 12 aromatic rings. The third kappa shape index (κ3) is 4.51. The standard InChI is InChI=1S/C51H25F3N4O2/c52-51(53,54)38-15-9-10-29(27-56)45(38)46-41(57-39-16-5-1-11-30(39)34-20-22-36-32-13-3-7-18-43(32)59-49(36)47(34)57)24-28(26-55)25-42(46)58-40-17-6-2-12-31(40)35-21-23-37-33-14-4-8-19-44(33)60-50(37)48(35)58/h1-25H. The molecule has 0 aliphatic rings. The Hall–Kier alpha value is -8.27. The molecule has 0 aliphatic carbocycles. The molecule has 12 rings (SSSR count). The highest BCUT2D eigenvalue weighted by atomic mass is 19.4. The van der Waals surface area contributed by atoms with Crippen molar-refractivity contribution in [3.8, 4) is 34.6 Å². The number of furan rings is 2. The largest absolute Gasteiger partial charge is 0.454 e. The lowest BCUT2D eigenvalue weighted by Gasteiger charge is -2.23. The number of halogens is 3. The van der Waals surface area contributed by atoms with Crippen molar-refractivity contribution >= 4 is 87.5 Å². The molecule has 9 heteroatoms. The maximum Gasteiger partial charge on any atom is 0.417 e. The third-order valence-corrected chi connectivity index (χ3v) is 11.8. The molecule has 282 valence electrons. The maximum atomic E-state index is 15.6. The van der Waals surface area contributed by atoms with Crippen LogP contribution in [0.3, 0.4) is 0 Å². The number of nitrogens with zero attached hydrogens (tertiary/aromatic N) is 4. The van der Waals surface area contributed by atoms with Crippen LogP contribution in [0.4, 0.5) is 13.2 Å². The zero-order valence-electron chi connectivity index (χ0n) is 31.2. The van der Waals surface area contributed by atoms with Gasteiger partial charge in [-0.3, -0.25) is 0 Å². The van der Waals surface area contributed by atoms with Gasteiger partial charge in [0.1, 0.15) is 11.2 Å². The van der Waals surface area contributed by atoms with E-state index in [1.807, 2.05) is 130 Å². The second-order valence-corrected chi connectivity index (χ2v) is 14.9. The molecule has 0 amide bonds. The number of nitriles is 2. The summed E-state index contributed by atoms with van der Waals surface area (Å²) < 4.78 is 63.9. The van der Waals surface area contributed by atoms with Crippen LogP contribution in [-0.4, -0.2) is 9.13 Å². The topological polar surface area (TPSA) is 83.7 Å². The molecule has 0 spiro atoms. The molecule has 0 aliphatic heterocycles. The van der Waals surface area contributed by atoms with Crippen LogP contribution in [0.1, 0.15) is 16.7 Å². The van der Waals surface area contributed by atoms with Gasteiger partial charge in [-0.2, -0.15) is 23.7 Å². The minimum absolute atomic E-state index is 0.102. The first-order valence-electron chi connectivity index (χ1n) is 19.2. The molecular weight excluding hydrogens is 758 g/mol. The van der Waals surface area contributed by atoms with Crippen LogP contribution in [0.15, 0.2) is 160 Å². The number of alkyl halides is 3. The quantitative estimate of drug-likeness (QED) is 0.179. The Labute approximate surface area is 337 Å². The normalized spacial score (nSPS) is 12.2. The van der Waals surface area contributed by atoms with Crippen molar-refractivity contribution in [2.24, 2.45) is 0 Å². The molecule has 0 saturated heterocycles. The lowest BCUT2D eigenvalue weighted by Crippen LogP contribution is -2.12. The van der Waals surface area contributed by atoms with Gasteiger partial charge in [-0.25, -0.2) is 0 Å². The Morgan fingerprint density at radius 1 is 0.450 bits per heavy atom. The molecule has 0 atom stereocenters. The van der Waals surface area contributed by atoms with E-state index in [2.05, 4.69) is 12.1 Å². The Morgan fingerprint density at radius 3 is 1.40 bits per heavy atom. The molecule has 8 aromatic carbocycles. The van der Waals surface area contributed by atoms with E-state index < -0.39 is 11.7 Å². The van der Waals surface area contributed by atoms with Crippen LogP contribution in [-0.2, 0) is 6.18 Å². The van der Waals surface area contributed by atoms with E-state index >= 15 is 13.2 Å². The second kappa shape index (κ2) is 12.1. The molecule has 0 N–H and O–H groups in total. The first kappa shape index (κ1) is 33.8. The fraction of sp³-hybridized carbons (Fsp3) is 0.0196. The number of rotatable bonds is 3. The average Bonchev–Trinajstić information content (AvgIpc) is 4.03. The lowest BCUT2D eigenvalue weighted by molar-refractivity contribution is -0.137. The van der Waals surface area contributed by atoms with Crippen molar-refractivity contribution in [3.05, 3.63) is 168 Å². The van der Waals surface area contributed by atoms with Crippen molar-refractivity contribution in [1.29, 1.82) is 10.5 Å². The predicted molar refractivity (Wildman–Crippen MR) is 230 cm³/mol. The number of benzene rings is 8. The molecule has 0 saturated carbocycles. The first-order chi connectivity index (χ1) is 29.3. The van der Waals surface area contributed by atoms with E-state index in [1.54, 1.807) is 12.1 Å². The van der Waals surface area contributed by atoms with E-state index in [9.17, 15) is 10.5 Å². The van der Waals surface area contributed by atoms with Gasteiger partial charge in [0, 0.05) is 54.2 Å². The Morgan fingerprint density at radius 2 is 0.917 bits per heavy atom. The summed E-state index contributed by atoms with van der Waals surface area (Å²) in [4.78, 5) is 0. The highest BCUT2D eigenvalue weighted by Crippen LogP contribution is 2.49. The zero-order chi connectivity index (χ0) is 40.4. The van der Waals surface area contributed by atoms with Crippen molar-refractivity contribution in [1.82, 2.24) is 9.13 Å². The highest BCUT2D eigenvalue weighted by Gasteiger charge is 2.37. The molecule has 0 bridgehead atoms. The van der Waals surface area contributed by atoms with Gasteiger partial charge in [0.15, 0.2) is 11.2 Å². The smallest absolute Gasteiger partial charge is 0.417 e. The fourth-order valence-corrected chi connectivity index (χ4v) is 9.40. The van der Waals surface area contributed by atoms with E-state index in [0.717, 1.165) is 49.2 Å². The minimum atomic E-state index is -4.87. The Balaban J connectivity index is 1.36. The number of hydrogen-bond acceptors (Lipinski definition) is 4. The van der Waals surface area contributed by atoms with Crippen molar-refractivity contribution < 1.29 is 22.0 Å². The van der Waals surface area contributed by atoms with E-state index in [0.29, 0.717) is 44.4 Å². The minimum Gasteiger partial charge on any atom is -0.454 e. The van der Waals surface area contributed by atoms with E-state index in [1.165, 1.54) is 12.1 Å². The molecule has 0 unspecified atom stereocenters. The first-order valence-corrected chi connectivity index (χ1v) is 19.2. The number of hydrogen-bond donors (Lipinski definition) is 0. The van der Waals surface area contributed by atoms with Crippen LogP contribution < -0.4 is 0 Å². The summed E-state index contributed by atoms with van der Waals surface area (Å²) in [5.74, 6) is 0. The van der Waals surface area contributed by atoms with Crippen LogP contribution in [0, 0.1) is 22.7 Å². The van der Waals surface area contributed by atoms with Crippen LogP contribution in [0.2, 0.25) is 0 Å². The number of fused-ring (bicyclic) bond motifs is 14. The van der Waals surface area contributed by atoms with Crippen LogP contribution in [0.5, 0.6) is 0 Å². The highest BCUT2D eigenvalue weighted by molar-refractivity contribution is 6.23. The molecule has 4 aromatic heterocycles. The summed E-state index contributed by atoms with van der Waals surface area (Å²) in [5, 5.41) is 28.3. The lowest BCUT2D eigenvalue weighted by atomic mass is 9.90. The monoisotopic (exact) mass is 782 g/mol. The van der Waals surface area contributed by atoms with Gasteiger partial charge < -0.3 is 18.0 Å². The van der Waals surface area contributed by atoms with Crippen LogP contribution >= 0.6 is 0 Å². The second-order valence-electron chi connectivity index (χ2n) is 14.9. The fourth-order valence-electron chi connectivity index (χ4n) is 9.40. The Kier molecular flexibility index (Phi) is 6.84. The van der Waals surface area contributed by atoms with Crippen molar-refractivity contribution in [2.45, 2.75) is 6.18 Å². The van der Waals surface area contributed by atoms with Crippen molar-refractivity contribution in [3.63, 3.8) is 0 Å².